The molecule has 0 atom stereocenters. The highest BCUT2D eigenvalue weighted by molar-refractivity contribution is 7.99. The number of benzene rings is 2. The van der Waals surface area contributed by atoms with E-state index in [-0.39, 0.29) is 5.91 Å². The van der Waals surface area contributed by atoms with Crippen molar-refractivity contribution in [3.05, 3.63) is 83.2 Å². The normalized spacial score (nSPS) is 11.1. The number of hydrazone groups is 1. The minimum atomic E-state index is -0.0768. The summed E-state index contributed by atoms with van der Waals surface area (Å²) in [7, 11) is 0. The molecule has 0 unspecified atom stereocenters. The lowest BCUT2D eigenvalue weighted by molar-refractivity contribution is -0.120. The number of carbonyl (C=O) groups excluding carboxylic acids is 1. The first-order valence-corrected chi connectivity index (χ1v) is 10.3. The molecule has 1 amide bonds. The second-order valence-corrected chi connectivity index (χ2v) is 7.87. The smallest absolute Gasteiger partial charge is 0.240 e. The van der Waals surface area contributed by atoms with Crippen molar-refractivity contribution < 1.29 is 4.79 Å². The van der Waals surface area contributed by atoms with Crippen molar-refractivity contribution in [1.29, 1.82) is 0 Å². The molecule has 0 spiro atoms. The van der Waals surface area contributed by atoms with Gasteiger partial charge in [-0.3, -0.25) is 4.79 Å². The molecule has 0 aliphatic heterocycles. The molecule has 0 saturated heterocycles. The molecule has 0 saturated carbocycles. The quantitative estimate of drug-likeness (QED) is 0.349. The Balaban J connectivity index is 1.56. The van der Waals surface area contributed by atoms with Gasteiger partial charge in [-0.15, -0.1) is 11.8 Å². The number of amides is 1. The Hall–Kier alpha value is -2.79. The lowest BCUT2D eigenvalue weighted by Gasteiger charge is -2.09. The summed E-state index contributed by atoms with van der Waals surface area (Å²) in [6, 6.07) is 20.6. The van der Waals surface area contributed by atoms with Gasteiger partial charge in [0.15, 0.2) is 0 Å². The molecule has 0 bridgehead atoms. The lowest BCUT2D eigenvalue weighted by Crippen LogP contribution is -2.17. The van der Waals surface area contributed by atoms with Gasteiger partial charge in [0.2, 0.25) is 5.91 Å². The van der Waals surface area contributed by atoms with Crippen LogP contribution in [0.15, 0.2) is 70.7 Å². The number of carbonyl (C=O) groups is 1. The highest BCUT2D eigenvalue weighted by Crippen LogP contribution is 2.20. The SMILES string of the molecule is Cc1ccc(-n2c(C)cc(/C=N\NC(=O)CCSc3ccccc3)c2C)cc1. The van der Waals surface area contributed by atoms with Crippen molar-refractivity contribution in [2.75, 3.05) is 5.75 Å². The maximum absolute atomic E-state index is 12.0. The highest BCUT2D eigenvalue weighted by atomic mass is 32.2. The van der Waals surface area contributed by atoms with Crippen molar-refractivity contribution in [3.8, 4) is 5.69 Å². The molecule has 1 aromatic heterocycles. The van der Waals surface area contributed by atoms with Crippen LogP contribution >= 0.6 is 11.8 Å². The molecule has 3 aromatic rings. The summed E-state index contributed by atoms with van der Waals surface area (Å²) in [6.07, 6.45) is 2.15. The van der Waals surface area contributed by atoms with Crippen molar-refractivity contribution in [1.82, 2.24) is 9.99 Å². The predicted octanol–water partition coefficient (Wildman–Crippen LogP) is 5.04. The summed E-state index contributed by atoms with van der Waals surface area (Å²) in [5.74, 6) is 0.653. The van der Waals surface area contributed by atoms with Crippen LogP contribution in [0.5, 0.6) is 0 Å². The first kappa shape index (κ1) is 20.0. The van der Waals surface area contributed by atoms with E-state index < -0.39 is 0 Å². The topological polar surface area (TPSA) is 46.4 Å². The Morgan fingerprint density at radius 3 is 2.50 bits per heavy atom. The first-order valence-electron chi connectivity index (χ1n) is 9.30. The van der Waals surface area contributed by atoms with Crippen molar-refractivity contribution in [3.63, 3.8) is 0 Å². The van der Waals surface area contributed by atoms with E-state index in [9.17, 15) is 4.79 Å². The molecule has 1 N–H and O–H groups in total. The Kier molecular flexibility index (Phi) is 6.71. The van der Waals surface area contributed by atoms with Crippen LogP contribution in [-0.4, -0.2) is 22.4 Å². The predicted molar refractivity (Wildman–Crippen MR) is 117 cm³/mol. The zero-order chi connectivity index (χ0) is 19.9. The van der Waals surface area contributed by atoms with Crippen LogP contribution in [-0.2, 0) is 4.79 Å². The number of thioether (sulfide) groups is 1. The number of nitrogens with one attached hydrogen (secondary N) is 1. The largest absolute Gasteiger partial charge is 0.318 e. The van der Waals surface area contributed by atoms with E-state index in [1.165, 1.54) is 10.5 Å². The number of aryl methyl sites for hydroxylation is 2. The second-order valence-electron chi connectivity index (χ2n) is 6.70. The maximum Gasteiger partial charge on any atom is 0.240 e. The standard InChI is InChI=1S/C23H25N3OS/c1-17-9-11-21(12-10-17)26-18(2)15-20(19(26)3)16-24-25-23(27)13-14-28-22-7-5-4-6-8-22/h4-12,15-16H,13-14H2,1-3H3,(H,25,27)/b24-16-. The molecule has 0 aliphatic rings. The van der Waals surface area contributed by atoms with Crippen molar-refractivity contribution in [2.45, 2.75) is 32.1 Å². The minimum Gasteiger partial charge on any atom is -0.318 e. The van der Waals surface area contributed by atoms with E-state index in [0.29, 0.717) is 6.42 Å². The third kappa shape index (κ3) is 5.14. The third-order valence-corrected chi connectivity index (χ3v) is 5.51. The summed E-state index contributed by atoms with van der Waals surface area (Å²) in [5.41, 5.74) is 8.22. The molecule has 144 valence electrons. The molecule has 0 fully saturated rings. The third-order valence-electron chi connectivity index (χ3n) is 4.50. The van der Waals surface area contributed by atoms with Gasteiger partial charge >= 0.3 is 0 Å². The molecule has 3 rings (SSSR count). The first-order chi connectivity index (χ1) is 13.5. The van der Waals surface area contributed by atoms with Crippen LogP contribution in [0, 0.1) is 20.8 Å². The fourth-order valence-corrected chi connectivity index (χ4v) is 3.89. The van der Waals surface area contributed by atoms with Crippen molar-refractivity contribution >= 4 is 23.9 Å². The molecular weight excluding hydrogens is 366 g/mol. The summed E-state index contributed by atoms with van der Waals surface area (Å²) in [6.45, 7) is 6.22. The molecule has 0 radical (unpaired) electrons. The van der Waals surface area contributed by atoms with Crippen LogP contribution in [0.4, 0.5) is 0 Å². The average molecular weight is 392 g/mol. The Labute approximate surface area is 170 Å². The van der Waals surface area contributed by atoms with Crippen LogP contribution in [0.25, 0.3) is 5.69 Å². The Morgan fingerprint density at radius 2 is 1.79 bits per heavy atom. The van der Waals surface area contributed by atoms with E-state index in [1.54, 1.807) is 18.0 Å². The average Bonchev–Trinajstić information content (AvgIpc) is 2.97. The zero-order valence-corrected chi connectivity index (χ0v) is 17.3. The van der Waals surface area contributed by atoms with E-state index in [2.05, 4.69) is 66.2 Å². The molecule has 4 nitrogen and oxygen atoms in total. The van der Waals surface area contributed by atoms with Gasteiger partial charge in [-0.25, -0.2) is 5.43 Å². The molecule has 28 heavy (non-hydrogen) atoms. The van der Waals surface area contributed by atoms with Gasteiger partial charge in [-0.1, -0.05) is 35.9 Å². The van der Waals surface area contributed by atoms with Gasteiger partial charge in [0, 0.05) is 39.7 Å². The number of rotatable bonds is 7. The fraction of sp³-hybridized carbons (Fsp3) is 0.217. The van der Waals surface area contributed by atoms with Crippen LogP contribution in [0.2, 0.25) is 0 Å². The van der Waals surface area contributed by atoms with Crippen LogP contribution < -0.4 is 5.43 Å². The zero-order valence-electron chi connectivity index (χ0n) is 16.5. The molecule has 5 heteroatoms. The number of hydrogen-bond acceptors (Lipinski definition) is 3. The fourth-order valence-electron chi connectivity index (χ4n) is 3.02. The van der Waals surface area contributed by atoms with E-state index >= 15 is 0 Å². The lowest BCUT2D eigenvalue weighted by atomic mass is 10.2. The molecule has 1 heterocycles. The highest BCUT2D eigenvalue weighted by Gasteiger charge is 2.09. The maximum atomic E-state index is 12.0. The Morgan fingerprint density at radius 1 is 1.07 bits per heavy atom. The van der Waals surface area contributed by atoms with Gasteiger partial charge in [0.1, 0.15) is 0 Å². The van der Waals surface area contributed by atoms with Crippen LogP contribution in [0.3, 0.4) is 0 Å². The molecule has 2 aromatic carbocycles. The molecular formula is C23H25N3OS. The molecule has 0 aliphatic carbocycles. The second kappa shape index (κ2) is 9.42. The van der Waals surface area contributed by atoms with Crippen LogP contribution in [0.1, 0.15) is 28.9 Å². The number of nitrogens with zero attached hydrogens (tertiary/aromatic N) is 2. The van der Waals surface area contributed by atoms with E-state index in [0.717, 1.165) is 28.4 Å². The van der Waals surface area contributed by atoms with E-state index in [4.69, 9.17) is 0 Å². The summed E-state index contributed by atoms with van der Waals surface area (Å²) >= 11 is 1.67. The summed E-state index contributed by atoms with van der Waals surface area (Å²) < 4.78 is 2.19. The Bertz CT molecular complexity index is 960. The summed E-state index contributed by atoms with van der Waals surface area (Å²) in [5, 5.41) is 4.14. The van der Waals surface area contributed by atoms with Gasteiger partial charge in [0.05, 0.1) is 6.21 Å². The van der Waals surface area contributed by atoms with Crippen molar-refractivity contribution in [2.24, 2.45) is 5.10 Å². The van der Waals surface area contributed by atoms with Gasteiger partial charge in [-0.2, -0.15) is 5.10 Å². The van der Waals surface area contributed by atoms with Gasteiger partial charge in [0.25, 0.3) is 0 Å². The minimum absolute atomic E-state index is 0.0768. The monoisotopic (exact) mass is 391 g/mol. The van der Waals surface area contributed by atoms with E-state index in [1.807, 2.05) is 30.3 Å². The van der Waals surface area contributed by atoms with Gasteiger partial charge < -0.3 is 4.57 Å². The van der Waals surface area contributed by atoms with Gasteiger partial charge in [-0.05, 0) is 51.1 Å². The summed E-state index contributed by atoms with van der Waals surface area (Å²) in [4.78, 5) is 13.2. The number of hydrogen-bond donors (Lipinski definition) is 1. The number of aromatic nitrogens is 1.